The number of nitrogens with one attached hydrogen (secondary N) is 2. The lowest BCUT2D eigenvalue weighted by molar-refractivity contribution is -0.344. The molecule has 1 aliphatic heterocycles. The standard InChI is InChI=1S/C61H79N3O14Si2.C9H22N2O2/c1-14-80(15-2,16-3)77-44-34-45-60(36-72-45,76-39(5)65)50-52(75-54(68)42-30-24-19-25-31-42)61(71)35-43(38(4)46(58(61,9)10)48(51(66)59(44,50)11)74-56(70)64-33-32-62-37-64)73-55(69)49(78-79(12,13)57(6,7)8)47(40-26-20-17-21-27-40)63-53(67)41-28-22-18-23-29-41;1-11-5-3-7-13-9-8-12-6-2-4-10/h17-33,37,43-45,47-50,52,71H,14-16,34-36H2,1-13H3,(H,63,67);11H,2-10H2,1H3/t43-,44-,45?,47-,48+,49+,50-,52-,59?,60-,61+;/m0./s1. The summed E-state index contributed by atoms with van der Waals surface area (Å²) in [6.07, 6.45) is -3.95. The van der Waals surface area contributed by atoms with Gasteiger partial charge in [0, 0.05) is 56.4 Å². The van der Waals surface area contributed by atoms with Crippen molar-refractivity contribution in [3.05, 3.63) is 138 Å². The summed E-state index contributed by atoms with van der Waals surface area (Å²) in [4.78, 5) is 94.5. The van der Waals surface area contributed by atoms with Crippen LogP contribution in [-0.4, -0.2) is 168 Å². The zero-order valence-corrected chi connectivity index (χ0v) is 59.0. The van der Waals surface area contributed by atoms with Crippen molar-refractivity contribution in [1.29, 1.82) is 0 Å². The molecule has 3 aromatic carbocycles. The first-order chi connectivity index (χ1) is 44.1. The van der Waals surface area contributed by atoms with Gasteiger partial charge in [-0.3, -0.25) is 14.4 Å². The lowest BCUT2D eigenvalue weighted by Gasteiger charge is -2.68. The minimum Gasteiger partial charge on any atom is -0.456 e. The molecule has 1 saturated heterocycles. The number of carbonyl (C=O) groups excluding carboxylic acids is 6. The number of hydrogen-bond acceptors (Lipinski definition) is 19. The molecule has 5 N–H and O–H groups in total. The fraction of sp³-hybridized carbons (Fsp3) is 0.586. The van der Waals surface area contributed by atoms with Crippen molar-refractivity contribution in [3.63, 3.8) is 0 Å². The van der Waals surface area contributed by atoms with Gasteiger partial charge in [-0.05, 0) is 124 Å². The molecule has 93 heavy (non-hydrogen) atoms. The smallest absolute Gasteiger partial charge is 0.420 e. The number of fused-ring (bicyclic) bond motifs is 5. The van der Waals surface area contributed by atoms with Crippen LogP contribution in [0.1, 0.15) is 134 Å². The first kappa shape index (κ1) is 74.1. The van der Waals surface area contributed by atoms with Gasteiger partial charge in [0.05, 0.1) is 48.9 Å². The Morgan fingerprint density at radius 1 is 0.839 bits per heavy atom. The number of esters is 3. The van der Waals surface area contributed by atoms with Gasteiger partial charge in [0.25, 0.3) is 5.91 Å². The van der Waals surface area contributed by atoms with E-state index in [1.807, 2.05) is 47.0 Å². The molecule has 8 rings (SSSR count). The van der Waals surface area contributed by atoms with Gasteiger partial charge in [-0.15, -0.1) is 0 Å². The molecule has 1 amide bonds. The summed E-state index contributed by atoms with van der Waals surface area (Å²) in [6, 6.07) is 26.6. The summed E-state index contributed by atoms with van der Waals surface area (Å²) in [5, 5.41) is 20.3. The van der Waals surface area contributed by atoms with Crippen molar-refractivity contribution in [3.8, 4) is 0 Å². The molecular formula is C70H101N5O16Si2. The molecule has 4 aliphatic rings. The van der Waals surface area contributed by atoms with Crippen LogP contribution in [0.4, 0.5) is 4.79 Å². The summed E-state index contributed by atoms with van der Waals surface area (Å²) in [5.74, 6) is -5.13. The molecule has 2 unspecified atom stereocenters. The number of ether oxygens (including phenoxy) is 7. The van der Waals surface area contributed by atoms with Crippen molar-refractivity contribution in [2.45, 2.75) is 192 Å². The zero-order valence-electron chi connectivity index (χ0n) is 57.0. The van der Waals surface area contributed by atoms with Crippen LogP contribution < -0.4 is 16.4 Å². The van der Waals surface area contributed by atoms with E-state index in [-0.39, 0.29) is 29.7 Å². The Hall–Kier alpha value is -6.26. The van der Waals surface area contributed by atoms with Gasteiger partial charge in [-0.2, -0.15) is 0 Å². The van der Waals surface area contributed by atoms with Gasteiger partial charge < -0.3 is 63.5 Å². The maximum absolute atomic E-state index is 17.0. The van der Waals surface area contributed by atoms with E-state index < -0.39 is 134 Å². The SMILES string of the molecule is CC[Si](CC)(CC)O[C@H]1CC2OC[C@@]2(OC(C)=O)[C@H]2[C@H](OC(=O)c3ccccc3)[C@]3(O)C[C@H](OC(=O)[C@H](O[Si](C)(C)C(C)(C)C)[C@@H](NC(=O)c4ccccc4)c4ccccc4)C(C)=C([C@@H](OC(=O)n4ccnc4)C(=O)C12C)C3(C)C.CNCCCOCCOCCCN. The van der Waals surface area contributed by atoms with Gasteiger partial charge >= 0.3 is 24.0 Å². The van der Waals surface area contributed by atoms with Crippen LogP contribution in [0.25, 0.3) is 0 Å². The summed E-state index contributed by atoms with van der Waals surface area (Å²) >= 11 is 0. The van der Waals surface area contributed by atoms with Crippen LogP contribution in [0.2, 0.25) is 36.3 Å². The summed E-state index contributed by atoms with van der Waals surface area (Å²) in [5.41, 5.74) is -1.07. The Morgan fingerprint density at radius 3 is 1.96 bits per heavy atom. The lowest BCUT2D eigenvalue weighted by atomic mass is 9.44. The molecule has 11 atom stereocenters. The molecule has 3 aliphatic carbocycles. The minimum atomic E-state index is -2.97. The van der Waals surface area contributed by atoms with Gasteiger partial charge in [-0.1, -0.05) is 122 Å². The third-order valence-corrected chi connectivity index (χ3v) is 29.3. The summed E-state index contributed by atoms with van der Waals surface area (Å²) < 4.78 is 59.2. The van der Waals surface area contributed by atoms with Crippen LogP contribution in [0.15, 0.2) is 121 Å². The summed E-state index contributed by atoms with van der Waals surface area (Å²) in [7, 11) is -3.74. The van der Waals surface area contributed by atoms with Crippen molar-refractivity contribution in [2.24, 2.45) is 22.5 Å². The number of imidazole rings is 1. The molecule has 3 fully saturated rings. The number of benzene rings is 3. The topological polar surface area (TPSA) is 274 Å². The fourth-order valence-electron chi connectivity index (χ4n) is 13.5. The number of aromatic nitrogens is 2. The molecule has 21 nitrogen and oxygen atoms in total. The molecule has 4 aromatic rings. The number of carbonyl (C=O) groups is 6. The number of nitrogens with two attached hydrogens (primary N) is 1. The third kappa shape index (κ3) is 16.0. The van der Waals surface area contributed by atoms with Crippen molar-refractivity contribution in [1.82, 2.24) is 20.2 Å². The monoisotopic (exact) mass is 1320 g/mol. The maximum atomic E-state index is 17.0. The minimum absolute atomic E-state index is 0.0569. The molecule has 2 saturated carbocycles. The second-order valence-corrected chi connectivity index (χ2v) is 36.6. The van der Waals surface area contributed by atoms with Gasteiger partial charge in [0.2, 0.25) is 0 Å². The van der Waals surface area contributed by atoms with E-state index in [1.54, 1.807) is 113 Å². The quantitative estimate of drug-likeness (QED) is 0.0142. The number of amides is 1. The second-order valence-electron chi connectivity index (χ2n) is 27.1. The molecule has 2 bridgehead atoms. The zero-order chi connectivity index (χ0) is 68.2. The molecule has 510 valence electrons. The van der Waals surface area contributed by atoms with Crippen molar-refractivity contribution < 1.29 is 75.9 Å². The Labute approximate surface area is 551 Å². The fourth-order valence-corrected chi connectivity index (χ4v) is 17.6. The Bertz CT molecular complexity index is 3160. The Morgan fingerprint density at radius 2 is 1.43 bits per heavy atom. The molecule has 2 heterocycles. The average Bonchev–Trinajstić information content (AvgIpc) is 0.761. The highest BCUT2D eigenvalue weighted by Crippen LogP contribution is 2.65. The van der Waals surface area contributed by atoms with E-state index in [1.165, 1.54) is 25.6 Å². The van der Waals surface area contributed by atoms with E-state index in [0.29, 0.717) is 49.0 Å². The van der Waals surface area contributed by atoms with E-state index in [0.717, 1.165) is 37.2 Å². The van der Waals surface area contributed by atoms with Crippen LogP contribution in [0, 0.1) is 16.7 Å². The first-order valence-electron chi connectivity index (χ1n) is 32.8. The highest BCUT2D eigenvalue weighted by molar-refractivity contribution is 6.74. The highest BCUT2D eigenvalue weighted by Gasteiger charge is 2.79. The predicted octanol–water partition coefficient (Wildman–Crippen LogP) is 10.1. The number of hydrogen-bond donors (Lipinski definition) is 4. The van der Waals surface area contributed by atoms with Gasteiger partial charge in [-0.25, -0.2) is 23.9 Å². The molecule has 0 radical (unpaired) electrons. The average molecular weight is 1320 g/mol. The first-order valence-corrected chi connectivity index (χ1v) is 38.2. The van der Waals surface area contributed by atoms with Crippen LogP contribution in [0.3, 0.4) is 0 Å². The predicted molar refractivity (Wildman–Crippen MR) is 356 cm³/mol. The van der Waals surface area contributed by atoms with E-state index in [2.05, 4.69) is 36.4 Å². The van der Waals surface area contributed by atoms with Crippen LogP contribution in [-0.2, 0) is 56.4 Å². The van der Waals surface area contributed by atoms with Crippen molar-refractivity contribution >= 4 is 52.3 Å². The number of aliphatic hydroxyl groups is 1. The Kier molecular flexibility index (Phi) is 25.1. The van der Waals surface area contributed by atoms with E-state index >= 15 is 14.4 Å². The lowest BCUT2D eigenvalue weighted by Crippen LogP contribution is -2.82. The van der Waals surface area contributed by atoms with E-state index in [9.17, 15) is 19.5 Å². The largest absolute Gasteiger partial charge is 0.456 e. The molecule has 1 aromatic heterocycles. The second kappa shape index (κ2) is 31.5. The third-order valence-electron chi connectivity index (χ3n) is 20.2. The van der Waals surface area contributed by atoms with Crippen LogP contribution in [0.5, 0.6) is 0 Å². The molecule has 0 spiro atoms. The van der Waals surface area contributed by atoms with Gasteiger partial charge in [0.15, 0.2) is 40.2 Å². The van der Waals surface area contributed by atoms with E-state index in [4.69, 9.17) is 47.7 Å². The van der Waals surface area contributed by atoms with Crippen LogP contribution >= 0.6 is 0 Å². The molecular weight excluding hydrogens is 1220 g/mol. The number of Topliss-reactive ketones (excluding diaryl/α,β-unsaturated/α-hetero) is 1. The normalized spacial score (nSPS) is 25.6. The summed E-state index contributed by atoms with van der Waals surface area (Å²) in [6.45, 7) is 28.5. The highest BCUT2D eigenvalue weighted by atomic mass is 28.4. The number of ketones is 1. The van der Waals surface area contributed by atoms with Gasteiger partial charge in [0.1, 0.15) is 30.2 Å². The number of rotatable bonds is 27. The molecule has 23 heteroatoms. The number of nitrogens with zero attached hydrogens (tertiary/aromatic N) is 2. The van der Waals surface area contributed by atoms with Crippen molar-refractivity contribution in [2.75, 3.05) is 53.2 Å². The maximum Gasteiger partial charge on any atom is 0.420 e. The Balaban J connectivity index is 0.000000847.